The largest absolute Gasteiger partial charge is 0.315 e. The summed E-state index contributed by atoms with van der Waals surface area (Å²) in [5, 5.41) is 0. The van der Waals surface area contributed by atoms with Crippen molar-refractivity contribution in [3.8, 4) is 0 Å². The number of rotatable bonds is 8. The van der Waals surface area contributed by atoms with Crippen molar-refractivity contribution in [1.82, 2.24) is 4.72 Å². The van der Waals surface area contributed by atoms with Crippen molar-refractivity contribution >= 4 is 38.1 Å². The SMILES string of the molecule is Cc1ccc(S(=O)(=O)NCCCN(C=O)c2ccc(Br)cc2)cc1. The molecule has 0 saturated carbocycles. The molecule has 0 bridgehead atoms. The highest BCUT2D eigenvalue weighted by molar-refractivity contribution is 9.10. The van der Waals surface area contributed by atoms with Crippen molar-refractivity contribution in [2.75, 3.05) is 18.0 Å². The summed E-state index contributed by atoms with van der Waals surface area (Å²) in [6.07, 6.45) is 1.26. The number of aryl methyl sites for hydroxylation is 1. The van der Waals surface area contributed by atoms with E-state index in [0.29, 0.717) is 13.0 Å². The lowest BCUT2D eigenvalue weighted by molar-refractivity contribution is -0.107. The lowest BCUT2D eigenvalue weighted by Gasteiger charge is -2.17. The fourth-order valence-electron chi connectivity index (χ4n) is 2.13. The van der Waals surface area contributed by atoms with Gasteiger partial charge in [0.2, 0.25) is 16.4 Å². The number of hydrogen-bond donors (Lipinski definition) is 1. The highest BCUT2D eigenvalue weighted by atomic mass is 79.9. The summed E-state index contributed by atoms with van der Waals surface area (Å²) in [4.78, 5) is 13.0. The Morgan fingerprint density at radius 3 is 2.29 bits per heavy atom. The van der Waals surface area contributed by atoms with Gasteiger partial charge in [0.15, 0.2) is 0 Å². The predicted octanol–water partition coefficient (Wildman–Crippen LogP) is 3.09. The second-order valence-corrected chi connectivity index (χ2v) is 8.02. The van der Waals surface area contributed by atoms with Gasteiger partial charge in [-0.25, -0.2) is 13.1 Å². The molecule has 0 aliphatic rings. The molecule has 24 heavy (non-hydrogen) atoms. The third-order valence-electron chi connectivity index (χ3n) is 3.48. The minimum atomic E-state index is -3.52. The molecule has 0 atom stereocenters. The minimum absolute atomic E-state index is 0.244. The third kappa shape index (κ3) is 5.15. The zero-order valence-electron chi connectivity index (χ0n) is 13.3. The van der Waals surface area contributed by atoms with Crippen molar-refractivity contribution in [2.45, 2.75) is 18.2 Å². The first-order chi connectivity index (χ1) is 11.4. The maximum Gasteiger partial charge on any atom is 0.240 e. The number of nitrogens with one attached hydrogen (secondary N) is 1. The van der Waals surface area contributed by atoms with Crippen molar-refractivity contribution in [3.05, 3.63) is 58.6 Å². The lowest BCUT2D eigenvalue weighted by Crippen LogP contribution is -2.29. The second kappa shape index (κ2) is 8.41. The van der Waals surface area contributed by atoms with Crippen molar-refractivity contribution in [3.63, 3.8) is 0 Å². The van der Waals surface area contributed by atoms with E-state index >= 15 is 0 Å². The molecule has 0 fully saturated rings. The standard InChI is InChI=1S/C17H19BrN2O3S/c1-14-3-9-17(10-4-14)24(22,23)19-11-2-12-20(13-21)16-7-5-15(18)6-8-16/h3-10,13,19H,2,11-12H2,1H3. The summed E-state index contributed by atoms with van der Waals surface area (Å²) in [5.41, 5.74) is 1.78. The quantitative estimate of drug-likeness (QED) is 0.536. The average molecular weight is 411 g/mol. The first-order valence-electron chi connectivity index (χ1n) is 7.46. The van der Waals surface area contributed by atoms with Crippen LogP contribution in [0.3, 0.4) is 0 Å². The number of hydrogen-bond acceptors (Lipinski definition) is 3. The van der Waals surface area contributed by atoms with E-state index in [9.17, 15) is 13.2 Å². The summed E-state index contributed by atoms with van der Waals surface area (Å²) >= 11 is 3.35. The molecule has 0 spiro atoms. The van der Waals surface area contributed by atoms with Gasteiger partial charge in [-0.15, -0.1) is 0 Å². The van der Waals surface area contributed by atoms with Crippen LogP contribution in [0.4, 0.5) is 5.69 Å². The topological polar surface area (TPSA) is 66.5 Å². The fourth-order valence-corrected chi connectivity index (χ4v) is 3.47. The molecular formula is C17H19BrN2O3S. The maximum atomic E-state index is 12.2. The lowest BCUT2D eigenvalue weighted by atomic mass is 10.2. The van der Waals surface area contributed by atoms with Crippen molar-refractivity contribution in [1.29, 1.82) is 0 Å². The van der Waals surface area contributed by atoms with Gasteiger partial charge < -0.3 is 4.90 Å². The summed E-state index contributed by atoms with van der Waals surface area (Å²) in [6.45, 7) is 2.60. The van der Waals surface area contributed by atoms with Gasteiger partial charge in [-0.3, -0.25) is 4.79 Å². The molecule has 1 N–H and O–H groups in total. The third-order valence-corrected chi connectivity index (χ3v) is 5.49. The average Bonchev–Trinajstić information content (AvgIpc) is 2.56. The van der Waals surface area contributed by atoms with Gasteiger partial charge in [0, 0.05) is 23.2 Å². The number of benzene rings is 2. The van der Waals surface area contributed by atoms with Crippen LogP contribution in [0.2, 0.25) is 0 Å². The van der Waals surface area contributed by atoms with E-state index in [4.69, 9.17) is 0 Å². The molecular weight excluding hydrogens is 392 g/mol. The summed E-state index contributed by atoms with van der Waals surface area (Å²) in [6, 6.07) is 14.0. The van der Waals surface area contributed by atoms with Crippen molar-refractivity contribution < 1.29 is 13.2 Å². The first kappa shape index (κ1) is 18.6. The van der Waals surface area contributed by atoms with Crippen LogP contribution in [0.1, 0.15) is 12.0 Å². The maximum absolute atomic E-state index is 12.2. The Morgan fingerprint density at radius 2 is 1.71 bits per heavy atom. The van der Waals surface area contributed by atoms with Crippen LogP contribution >= 0.6 is 15.9 Å². The molecule has 5 nitrogen and oxygen atoms in total. The van der Waals surface area contributed by atoms with Gasteiger partial charge >= 0.3 is 0 Å². The Balaban J connectivity index is 1.88. The predicted molar refractivity (Wildman–Crippen MR) is 98.5 cm³/mol. The molecule has 0 radical (unpaired) electrons. The van der Waals surface area contributed by atoms with E-state index in [-0.39, 0.29) is 11.4 Å². The summed E-state index contributed by atoms with van der Waals surface area (Å²) in [7, 11) is -3.52. The Morgan fingerprint density at radius 1 is 1.08 bits per heavy atom. The van der Waals surface area contributed by atoms with Crippen LogP contribution in [-0.4, -0.2) is 27.9 Å². The first-order valence-corrected chi connectivity index (χ1v) is 9.74. The van der Waals surface area contributed by atoms with E-state index in [2.05, 4.69) is 20.7 Å². The number of sulfonamides is 1. The van der Waals surface area contributed by atoms with E-state index in [0.717, 1.165) is 22.1 Å². The molecule has 2 aromatic carbocycles. The Labute approximate surface area is 150 Å². The molecule has 0 aromatic heterocycles. The summed E-state index contributed by atoms with van der Waals surface area (Å²) in [5.74, 6) is 0. The molecule has 2 rings (SSSR count). The molecule has 2 aromatic rings. The molecule has 128 valence electrons. The van der Waals surface area contributed by atoms with Gasteiger partial charge in [0.25, 0.3) is 0 Å². The van der Waals surface area contributed by atoms with E-state index < -0.39 is 10.0 Å². The smallest absolute Gasteiger partial charge is 0.240 e. The van der Waals surface area contributed by atoms with E-state index in [1.54, 1.807) is 29.2 Å². The summed E-state index contributed by atoms with van der Waals surface area (Å²) < 4.78 is 27.8. The van der Waals surface area contributed by atoms with Crippen molar-refractivity contribution in [2.24, 2.45) is 0 Å². The van der Waals surface area contributed by atoms with Gasteiger partial charge in [0.1, 0.15) is 0 Å². The van der Waals surface area contributed by atoms with Gasteiger partial charge in [-0.1, -0.05) is 33.6 Å². The Hall–Kier alpha value is -1.70. The van der Waals surface area contributed by atoms with Crippen LogP contribution in [0.5, 0.6) is 0 Å². The minimum Gasteiger partial charge on any atom is -0.315 e. The molecule has 0 heterocycles. The second-order valence-electron chi connectivity index (χ2n) is 5.34. The van der Waals surface area contributed by atoms with Crippen LogP contribution in [-0.2, 0) is 14.8 Å². The normalized spacial score (nSPS) is 11.2. The number of amides is 1. The monoisotopic (exact) mass is 410 g/mol. The molecule has 0 aliphatic heterocycles. The van der Waals surface area contributed by atoms with Gasteiger partial charge in [-0.05, 0) is 49.7 Å². The number of nitrogens with zero attached hydrogens (tertiary/aromatic N) is 1. The molecule has 0 unspecified atom stereocenters. The van der Waals surface area contributed by atoms with E-state index in [1.165, 1.54) is 0 Å². The Bertz CT molecular complexity index is 774. The number of carbonyl (C=O) groups is 1. The van der Waals surface area contributed by atoms with E-state index in [1.807, 2.05) is 31.2 Å². The number of halogens is 1. The highest BCUT2D eigenvalue weighted by Crippen LogP contribution is 2.17. The number of anilines is 1. The zero-order valence-corrected chi connectivity index (χ0v) is 15.7. The molecule has 7 heteroatoms. The fraction of sp³-hybridized carbons (Fsp3) is 0.235. The van der Waals surface area contributed by atoms with Gasteiger partial charge in [-0.2, -0.15) is 0 Å². The van der Waals surface area contributed by atoms with Crippen LogP contribution in [0.15, 0.2) is 57.9 Å². The van der Waals surface area contributed by atoms with Gasteiger partial charge in [0.05, 0.1) is 4.90 Å². The molecule has 0 aliphatic carbocycles. The van der Waals surface area contributed by atoms with Crippen LogP contribution in [0, 0.1) is 6.92 Å². The molecule has 1 amide bonds. The van der Waals surface area contributed by atoms with Crippen LogP contribution < -0.4 is 9.62 Å². The van der Waals surface area contributed by atoms with Crippen LogP contribution in [0.25, 0.3) is 0 Å². The molecule has 0 saturated heterocycles. The highest BCUT2D eigenvalue weighted by Gasteiger charge is 2.13. The zero-order chi connectivity index (χ0) is 17.6. The number of carbonyl (C=O) groups excluding carboxylic acids is 1. The Kier molecular flexibility index (Phi) is 6.53.